The number of sulfonamides is 1. The number of rotatable bonds is 7. The number of aliphatic hydroxyl groups is 1. The Bertz CT molecular complexity index is 416. The Balaban J connectivity index is 2.45. The molecule has 0 amide bonds. The molecule has 17 heavy (non-hydrogen) atoms. The maximum atomic E-state index is 11.6. The molecule has 2 N–H and O–H groups in total. The molecule has 1 aromatic rings. The van der Waals surface area contributed by atoms with Crippen LogP contribution in [-0.2, 0) is 15.8 Å². The Morgan fingerprint density at radius 1 is 1.59 bits per heavy atom. The minimum absolute atomic E-state index is 0.0230. The Kier molecular flexibility index (Phi) is 5.10. The molecule has 1 rings (SSSR count). The molecular weight excluding hydrogens is 244 g/mol. The van der Waals surface area contributed by atoms with Gasteiger partial charge in [0, 0.05) is 12.6 Å². The smallest absolute Gasteiger partial charge is 0.217 e. The van der Waals surface area contributed by atoms with Gasteiger partial charge in [-0.15, -0.1) is 0 Å². The third-order valence-corrected chi connectivity index (χ3v) is 3.92. The summed E-state index contributed by atoms with van der Waals surface area (Å²) < 4.78 is 30.1. The summed E-state index contributed by atoms with van der Waals surface area (Å²) in [6.07, 6.45) is 1.44. The minimum atomic E-state index is -3.47. The van der Waals surface area contributed by atoms with Crippen molar-refractivity contribution in [3.8, 4) is 0 Å². The lowest BCUT2D eigenvalue weighted by Gasteiger charge is -2.17. The van der Waals surface area contributed by atoms with Crippen molar-refractivity contribution in [2.24, 2.45) is 5.92 Å². The lowest BCUT2D eigenvalue weighted by Crippen LogP contribution is -2.36. The molecule has 6 nitrogen and oxygen atoms in total. The molecule has 2 unspecified atom stereocenters. The van der Waals surface area contributed by atoms with Crippen molar-refractivity contribution < 1.29 is 18.0 Å². The summed E-state index contributed by atoms with van der Waals surface area (Å²) in [5.41, 5.74) is 0.343. The molecule has 0 radical (unpaired) electrons. The van der Waals surface area contributed by atoms with Crippen LogP contribution in [0.1, 0.15) is 26.0 Å². The zero-order chi connectivity index (χ0) is 12.9. The molecule has 1 heterocycles. The predicted octanol–water partition coefficient (Wildman–Crippen LogP) is 0.501. The molecule has 0 spiro atoms. The fraction of sp³-hybridized carbons (Fsp3) is 0.700. The number of aromatic nitrogens is 1. The van der Waals surface area contributed by atoms with Crippen molar-refractivity contribution >= 4 is 10.0 Å². The van der Waals surface area contributed by atoms with E-state index in [4.69, 9.17) is 0 Å². The first kappa shape index (κ1) is 14.1. The summed E-state index contributed by atoms with van der Waals surface area (Å²) >= 11 is 0. The maximum absolute atomic E-state index is 11.6. The number of hydrogen-bond acceptors (Lipinski definition) is 5. The highest BCUT2D eigenvalue weighted by atomic mass is 32.2. The molecule has 98 valence electrons. The van der Waals surface area contributed by atoms with Gasteiger partial charge in [-0.05, 0) is 5.92 Å². The second-order valence-corrected chi connectivity index (χ2v) is 5.86. The molecule has 0 aliphatic heterocycles. The van der Waals surface area contributed by atoms with Crippen molar-refractivity contribution in [1.29, 1.82) is 0 Å². The zero-order valence-corrected chi connectivity index (χ0v) is 10.8. The van der Waals surface area contributed by atoms with Gasteiger partial charge in [-0.2, -0.15) is 0 Å². The van der Waals surface area contributed by atoms with Gasteiger partial charge in [-0.25, -0.2) is 13.1 Å². The molecule has 0 aliphatic carbocycles. The number of nitrogens with one attached hydrogen (secondary N) is 1. The molecule has 1 aromatic heterocycles. The van der Waals surface area contributed by atoms with Crippen LogP contribution in [0.3, 0.4) is 0 Å². The van der Waals surface area contributed by atoms with Crippen molar-refractivity contribution in [1.82, 2.24) is 9.88 Å². The van der Waals surface area contributed by atoms with Gasteiger partial charge in [0.15, 0.2) is 0 Å². The summed E-state index contributed by atoms with van der Waals surface area (Å²) in [7, 11) is -3.47. The first-order valence-corrected chi connectivity index (χ1v) is 7.14. The standard InChI is InChI=1S/C10H18N2O4S/c1-3-8(2)10(13)6-11-17(14,15)7-9-4-5-16-12-9/h4-5,8,10-11,13H,3,6-7H2,1-2H3. The van der Waals surface area contributed by atoms with E-state index in [1.807, 2.05) is 13.8 Å². The van der Waals surface area contributed by atoms with E-state index in [1.165, 1.54) is 12.3 Å². The molecular formula is C10H18N2O4S. The summed E-state index contributed by atoms with van der Waals surface area (Å²) in [4.78, 5) is 0. The van der Waals surface area contributed by atoms with E-state index in [-0.39, 0.29) is 18.2 Å². The van der Waals surface area contributed by atoms with E-state index in [2.05, 4.69) is 14.4 Å². The minimum Gasteiger partial charge on any atom is -0.391 e. The van der Waals surface area contributed by atoms with Crippen LogP contribution < -0.4 is 4.72 Å². The number of aliphatic hydroxyl groups excluding tert-OH is 1. The van der Waals surface area contributed by atoms with Crippen LogP contribution in [0.5, 0.6) is 0 Å². The highest BCUT2D eigenvalue weighted by molar-refractivity contribution is 7.88. The molecule has 0 saturated carbocycles. The topological polar surface area (TPSA) is 92.4 Å². The van der Waals surface area contributed by atoms with Gasteiger partial charge >= 0.3 is 0 Å². The number of nitrogens with zero attached hydrogens (tertiary/aromatic N) is 1. The van der Waals surface area contributed by atoms with Crippen LogP contribution >= 0.6 is 0 Å². The highest BCUT2D eigenvalue weighted by Gasteiger charge is 2.18. The van der Waals surface area contributed by atoms with E-state index in [0.29, 0.717) is 5.69 Å². The summed E-state index contributed by atoms with van der Waals surface area (Å²) in [5, 5.41) is 13.2. The quantitative estimate of drug-likeness (QED) is 0.746. The first-order chi connectivity index (χ1) is 7.94. The van der Waals surface area contributed by atoms with Crippen LogP contribution in [0.25, 0.3) is 0 Å². The lowest BCUT2D eigenvalue weighted by atomic mass is 10.0. The van der Waals surface area contributed by atoms with Crippen LogP contribution in [-0.4, -0.2) is 31.3 Å². The van der Waals surface area contributed by atoms with Gasteiger partial charge in [-0.1, -0.05) is 25.4 Å². The predicted molar refractivity (Wildman–Crippen MR) is 62.6 cm³/mol. The van der Waals surface area contributed by atoms with Crippen molar-refractivity contribution in [2.75, 3.05) is 6.54 Å². The van der Waals surface area contributed by atoms with Gasteiger partial charge in [0.1, 0.15) is 12.0 Å². The average molecular weight is 262 g/mol. The van der Waals surface area contributed by atoms with Gasteiger partial charge in [0.05, 0.1) is 11.8 Å². The second kappa shape index (κ2) is 6.13. The third kappa shape index (κ3) is 4.84. The monoisotopic (exact) mass is 262 g/mol. The van der Waals surface area contributed by atoms with Crippen LogP contribution in [0.4, 0.5) is 0 Å². The lowest BCUT2D eigenvalue weighted by molar-refractivity contribution is 0.118. The van der Waals surface area contributed by atoms with E-state index in [9.17, 15) is 13.5 Å². The molecule has 7 heteroatoms. The maximum Gasteiger partial charge on any atom is 0.217 e. The van der Waals surface area contributed by atoms with Gasteiger partial charge in [-0.3, -0.25) is 0 Å². The van der Waals surface area contributed by atoms with Gasteiger partial charge in [0.25, 0.3) is 0 Å². The van der Waals surface area contributed by atoms with Crippen molar-refractivity contribution in [3.63, 3.8) is 0 Å². The number of hydrogen-bond donors (Lipinski definition) is 2. The molecule has 0 aromatic carbocycles. The normalized spacial score (nSPS) is 15.7. The molecule has 2 atom stereocenters. The Morgan fingerprint density at radius 3 is 2.82 bits per heavy atom. The Labute approximate surface area is 101 Å². The molecule has 0 bridgehead atoms. The summed E-state index contributed by atoms with van der Waals surface area (Å²) in [6, 6.07) is 1.49. The van der Waals surface area contributed by atoms with Crippen molar-refractivity contribution in [3.05, 3.63) is 18.0 Å². The average Bonchev–Trinajstić information content (AvgIpc) is 2.76. The summed E-state index contributed by atoms with van der Waals surface area (Å²) in [5.74, 6) is -0.179. The Hall–Kier alpha value is -0.920. The highest BCUT2D eigenvalue weighted by Crippen LogP contribution is 2.07. The second-order valence-electron chi connectivity index (χ2n) is 4.05. The fourth-order valence-electron chi connectivity index (χ4n) is 1.24. The third-order valence-electron chi connectivity index (χ3n) is 2.64. The SMILES string of the molecule is CCC(C)C(O)CNS(=O)(=O)Cc1ccon1. The van der Waals surface area contributed by atoms with Crippen LogP contribution in [0.15, 0.2) is 16.9 Å². The zero-order valence-electron chi connectivity index (χ0n) is 9.96. The largest absolute Gasteiger partial charge is 0.391 e. The van der Waals surface area contributed by atoms with E-state index >= 15 is 0 Å². The van der Waals surface area contributed by atoms with E-state index in [0.717, 1.165) is 6.42 Å². The van der Waals surface area contributed by atoms with Crippen LogP contribution in [0, 0.1) is 5.92 Å². The van der Waals surface area contributed by atoms with Gasteiger partial charge in [0.2, 0.25) is 10.0 Å². The van der Waals surface area contributed by atoms with E-state index in [1.54, 1.807) is 0 Å². The fourth-order valence-corrected chi connectivity index (χ4v) is 2.31. The van der Waals surface area contributed by atoms with Crippen LogP contribution in [0.2, 0.25) is 0 Å². The molecule has 0 saturated heterocycles. The van der Waals surface area contributed by atoms with Crippen molar-refractivity contribution in [2.45, 2.75) is 32.1 Å². The molecule has 0 aliphatic rings. The first-order valence-electron chi connectivity index (χ1n) is 5.49. The molecule has 0 fully saturated rings. The Morgan fingerprint density at radius 2 is 2.29 bits per heavy atom. The van der Waals surface area contributed by atoms with E-state index < -0.39 is 16.1 Å². The summed E-state index contributed by atoms with van der Waals surface area (Å²) in [6.45, 7) is 3.84. The van der Waals surface area contributed by atoms with Gasteiger partial charge < -0.3 is 9.63 Å².